The van der Waals surface area contributed by atoms with Crippen LogP contribution in [0, 0.1) is 0 Å². The van der Waals surface area contributed by atoms with E-state index in [2.05, 4.69) is 5.32 Å². The summed E-state index contributed by atoms with van der Waals surface area (Å²) in [4.78, 5) is 11.9. The molecule has 0 spiro atoms. The highest BCUT2D eigenvalue weighted by Crippen LogP contribution is 2.28. The van der Waals surface area contributed by atoms with E-state index in [1.165, 1.54) is 6.42 Å². The highest BCUT2D eigenvalue weighted by molar-refractivity contribution is 5.77. The summed E-state index contributed by atoms with van der Waals surface area (Å²) in [6.45, 7) is 1.72. The van der Waals surface area contributed by atoms with Crippen molar-refractivity contribution in [3.63, 3.8) is 0 Å². The SMILES string of the molecule is NC1(CC(=O)NCCCOCc2ccco2)CCCCC1. The Bertz CT molecular complexity index is 411. The summed E-state index contributed by atoms with van der Waals surface area (Å²) in [6.07, 6.45) is 8.33. The van der Waals surface area contributed by atoms with E-state index in [0.29, 0.717) is 26.2 Å². The van der Waals surface area contributed by atoms with Crippen LogP contribution < -0.4 is 11.1 Å². The molecule has 2 rings (SSSR count). The third kappa shape index (κ3) is 5.89. The fourth-order valence-electron chi connectivity index (χ4n) is 2.78. The van der Waals surface area contributed by atoms with Crippen molar-refractivity contribution in [2.24, 2.45) is 5.73 Å². The summed E-state index contributed by atoms with van der Waals surface area (Å²) in [7, 11) is 0. The number of amides is 1. The molecule has 21 heavy (non-hydrogen) atoms. The minimum atomic E-state index is -0.280. The first-order valence-corrected chi connectivity index (χ1v) is 7.84. The van der Waals surface area contributed by atoms with Gasteiger partial charge in [-0.15, -0.1) is 0 Å². The Hall–Kier alpha value is -1.33. The quantitative estimate of drug-likeness (QED) is 0.721. The molecule has 5 nitrogen and oxygen atoms in total. The fraction of sp³-hybridized carbons (Fsp3) is 0.688. The van der Waals surface area contributed by atoms with Crippen molar-refractivity contribution >= 4 is 5.91 Å². The monoisotopic (exact) mass is 294 g/mol. The fourth-order valence-corrected chi connectivity index (χ4v) is 2.78. The van der Waals surface area contributed by atoms with E-state index in [9.17, 15) is 4.79 Å². The zero-order chi connectivity index (χ0) is 15.0. The molecule has 1 aliphatic carbocycles. The van der Waals surface area contributed by atoms with Gasteiger partial charge in [-0.2, -0.15) is 0 Å². The molecule has 0 bridgehead atoms. The first-order valence-electron chi connectivity index (χ1n) is 7.84. The smallest absolute Gasteiger partial charge is 0.221 e. The molecule has 1 heterocycles. The second kappa shape index (κ2) is 8.20. The van der Waals surface area contributed by atoms with Gasteiger partial charge in [-0.1, -0.05) is 19.3 Å². The largest absolute Gasteiger partial charge is 0.467 e. The Morgan fingerprint density at radius 1 is 1.38 bits per heavy atom. The van der Waals surface area contributed by atoms with Gasteiger partial charge in [0.2, 0.25) is 5.91 Å². The average Bonchev–Trinajstić information content (AvgIpc) is 2.96. The molecule has 1 aliphatic rings. The molecule has 118 valence electrons. The first kappa shape index (κ1) is 16.0. The molecular weight excluding hydrogens is 268 g/mol. The Morgan fingerprint density at radius 3 is 2.90 bits per heavy atom. The molecule has 1 fully saturated rings. The molecule has 3 N–H and O–H groups in total. The topological polar surface area (TPSA) is 77.5 Å². The van der Waals surface area contributed by atoms with Crippen LogP contribution in [0.4, 0.5) is 0 Å². The van der Waals surface area contributed by atoms with Crippen LogP contribution in [0.1, 0.15) is 50.7 Å². The summed E-state index contributed by atoms with van der Waals surface area (Å²) in [5.41, 5.74) is 5.99. The number of carbonyl (C=O) groups excluding carboxylic acids is 1. The van der Waals surface area contributed by atoms with Gasteiger partial charge in [0.05, 0.1) is 6.26 Å². The Kier molecular flexibility index (Phi) is 6.26. The van der Waals surface area contributed by atoms with E-state index in [4.69, 9.17) is 14.9 Å². The van der Waals surface area contributed by atoms with E-state index < -0.39 is 0 Å². The third-order valence-corrected chi connectivity index (χ3v) is 3.97. The van der Waals surface area contributed by atoms with E-state index in [1.807, 2.05) is 12.1 Å². The number of furan rings is 1. The first-order chi connectivity index (χ1) is 10.2. The van der Waals surface area contributed by atoms with Crippen molar-refractivity contribution in [3.05, 3.63) is 24.2 Å². The summed E-state index contributed by atoms with van der Waals surface area (Å²) in [5, 5.41) is 2.93. The maximum atomic E-state index is 11.9. The maximum Gasteiger partial charge on any atom is 0.221 e. The van der Waals surface area contributed by atoms with E-state index in [1.54, 1.807) is 6.26 Å². The summed E-state index contributed by atoms with van der Waals surface area (Å²) in [6, 6.07) is 3.72. The van der Waals surface area contributed by atoms with Crippen LogP contribution in [-0.2, 0) is 16.1 Å². The zero-order valence-electron chi connectivity index (χ0n) is 12.6. The van der Waals surface area contributed by atoms with Crippen LogP contribution in [0.5, 0.6) is 0 Å². The van der Waals surface area contributed by atoms with Crippen LogP contribution in [0.15, 0.2) is 22.8 Å². The molecule has 0 aromatic carbocycles. The third-order valence-electron chi connectivity index (χ3n) is 3.97. The molecule has 1 aromatic heterocycles. The Balaban J connectivity index is 1.51. The van der Waals surface area contributed by atoms with E-state index in [-0.39, 0.29) is 11.4 Å². The van der Waals surface area contributed by atoms with Crippen LogP contribution in [0.25, 0.3) is 0 Å². The van der Waals surface area contributed by atoms with Crippen LogP contribution >= 0.6 is 0 Å². The number of hydrogen-bond donors (Lipinski definition) is 2. The Morgan fingerprint density at radius 2 is 2.19 bits per heavy atom. The lowest BCUT2D eigenvalue weighted by molar-refractivity contribution is -0.122. The van der Waals surface area contributed by atoms with Gasteiger partial charge < -0.3 is 20.2 Å². The number of hydrogen-bond acceptors (Lipinski definition) is 4. The summed E-state index contributed by atoms with van der Waals surface area (Å²) in [5.74, 6) is 0.881. The van der Waals surface area contributed by atoms with E-state index >= 15 is 0 Å². The minimum Gasteiger partial charge on any atom is -0.467 e. The molecule has 5 heteroatoms. The van der Waals surface area contributed by atoms with Crippen molar-refractivity contribution in [3.8, 4) is 0 Å². The minimum absolute atomic E-state index is 0.0606. The number of carbonyl (C=O) groups is 1. The highest BCUT2D eigenvalue weighted by atomic mass is 16.5. The molecular formula is C16H26N2O3. The molecule has 0 saturated heterocycles. The lowest BCUT2D eigenvalue weighted by Crippen LogP contribution is -2.46. The maximum absolute atomic E-state index is 11.9. The molecule has 1 amide bonds. The van der Waals surface area contributed by atoms with Gasteiger partial charge >= 0.3 is 0 Å². The predicted molar refractivity (Wildman–Crippen MR) is 80.6 cm³/mol. The van der Waals surface area contributed by atoms with Gasteiger partial charge in [-0.25, -0.2) is 0 Å². The second-order valence-corrected chi connectivity index (χ2v) is 5.94. The average molecular weight is 294 g/mol. The lowest BCUT2D eigenvalue weighted by atomic mass is 9.80. The second-order valence-electron chi connectivity index (χ2n) is 5.94. The molecule has 0 radical (unpaired) electrons. The van der Waals surface area contributed by atoms with Crippen LogP contribution in [-0.4, -0.2) is 24.6 Å². The molecule has 0 atom stereocenters. The molecule has 1 aromatic rings. The lowest BCUT2D eigenvalue weighted by Gasteiger charge is -2.32. The number of rotatable bonds is 8. The summed E-state index contributed by atoms with van der Waals surface area (Å²) < 4.78 is 10.6. The standard InChI is InChI=1S/C16H26N2O3/c17-16(7-2-1-3-8-16)12-15(19)18-9-5-10-20-13-14-6-4-11-21-14/h4,6,11H,1-3,5,7-10,12-13,17H2,(H,18,19). The van der Waals surface area contributed by atoms with Crippen LogP contribution in [0.3, 0.4) is 0 Å². The van der Waals surface area contributed by atoms with Crippen molar-refractivity contribution in [2.45, 2.75) is 57.1 Å². The van der Waals surface area contributed by atoms with Gasteiger partial charge in [0.15, 0.2) is 0 Å². The molecule has 1 saturated carbocycles. The zero-order valence-corrected chi connectivity index (χ0v) is 12.6. The van der Waals surface area contributed by atoms with Gasteiger partial charge in [0.1, 0.15) is 12.4 Å². The van der Waals surface area contributed by atoms with Crippen molar-refractivity contribution in [1.29, 1.82) is 0 Å². The number of nitrogens with two attached hydrogens (primary N) is 1. The molecule has 0 aliphatic heterocycles. The number of ether oxygens (including phenoxy) is 1. The van der Waals surface area contributed by atoms with Crippen LogP contribution in [0.2, 0.25) is 0 Å². The van der Waals surface area contributed by atoms with Crippen molar-refractivity contribution in [1.82, 2.24) is 5.32 Å². The number of nitrogens with one attached hydrogen (secondary N) is 1. The van der Waals surface area contributed by atoms with Crippen molar-refractivity contribution < 1.29 is 13.9 Å². The molecule has 0 unspecified atom stereocenters. The summed E-state index contributed by atoms with van der Waals surface area (Å²) >= 11 is 0. The normalized spacial score (nSPS) is 17.6. The van der Waals surface area contributed by atoms with Gasteiger partial charge in [-0.05, 0) is 31.4 Å². The highest BCUT2D eigenvalue weighted by Gasteiger charge is 2.29. The predicted octanol–water partition coefficient (Wildman–Crippen LogP) is 2.35. The van der Waals surface area contributed by atoms with Gasteiger partial charge in [0, 0.05) is 25.1 Å². The van der Waals surface area contributed by atoms with Gasteiger partial charge in [-0.3, -0.25) is 4.79 Å². The Labute approximate surface area is 126 Å². The van der Waals surface area contributed by atoms with Gasteiger partial charge in [0.25, 0.3) is 0 Å². The van der Waals surface area contributed by atoms with E-state index in [0.717, 1.165) is 37.9 Å². The van der Waals surface area contributed by atoms with Crippen molar-refractivity contribution in [2.75, 3.05) is 13.2 Å².